The van der Waals surface area contributed by atoms with Gasteiger partial charge in [0, 0.05) is 5.69 Å². The molecule has 0 atom stereocenters. The molecule has 114 valence electrons. The van der Waals surface area contributed by atoms with Crippen LogP contribution in [0.3, 0.4) is 0 Å². The monoisotopic (exact) mass is 301 g/mol. The fourth-order valence-corrected chi connectivity index (χ4v) is 1.67. The molecule has 2 aromatic carbocycles. The van der Waals surface area contributed by atoms with Crippen LogP contribution in [0.15, 0.2) is 61.2 Å². The minimum atomic E-state index is -0.351. The summed E-state index contributed by atoms with van der Waals surface area (Å²) in [7, 11) is 0. The summed E-state index contributed by atoms with van der Waals surface area (Å²) in [5.74, 6) is 0.477. The molecule has 0 saturated heterocycles. The number of benzene rings is 2. The third-order valence-corrected chi connectivity index (χ3v) is 2.69. The molecule has 0 heterocycles. The molecular formula is C17H16FNO3. The third-order valence-electron chi connectivity index (χ3n) is 2.69. The molecular weight excluding hydrogens is 285 g/mol. The van der Waals surface area contributed by atoms with Crippen LogP contribution in [0.2, 0.25) is 0 Å². The molecule has 0 aliphatic carbocycles. The lowest BCUT2D eigenvalue weighted by Gasteiger charge is -2.08. The number of amides is 1. The van der Waals surface area contributed by atoms with E-state index in [1.807, 2.05) is 0 Å². The van der Waals surface area contributed by atoms with Crippen molar-refractivity contribution >= 4 is 11.6 Å². The number of ether oxygens (including phenoxy) is 2. The second-order valence-corrected chi connectivity index (χ2v) is 4.41. The van der Waals surface area contributed by atoms with E-state index in [0.29, 0.717) is 23.8 Å². The summed E-state index contributed by atoms with van der Waals surface area (Å²) >= 11 is 0. The molecule has 0 bridgehead atoms. The van der Waals surface area contributed by atoms with Crippen LogP contribution in [0.4, 0.5) is 10.1 Å². The van der Waals surface area contributed by atoms with Crippen LogP contribution in [0.25, 0.3) is 0 Å². The van der Waals surface area contributed by atoms with E-state index < -0.39 is 0 Å². The topological polar surface area (TPSA) is 47.6 Å². The largest absolute Gasteiger partial charge is 0.490 e. The maximum Gasteiger partial charge on any atom is 0.262 e. The van der Waals surface area contributed by atoms with Crippen molar-refractivity contribution in [3.63, 3.8) is 0 Å². The average Bonchev–Trinajstić information content (AvgIpc) is 2.54. The number of nitrogens with one attached hydrogen (secondary N) is 1. The first kappa shape index (κ1) is 15.6. The Morgan fingerprint density at radius 2 is 1.64 bits per heavy atom. The highest BCUT2D eigenvalue weighted by molar-refractivity contribution is 5.91. The van der Waals surface area contributed by atoms with E-state index in [1.54, 1.807) is 30.3 Å². The van der Waals surface area contributed by atoms with Crippen molar-refractivity contribution < 1.29 is 18.7 Å². The molecule has 22 heavy (non-hydrogen) atoms. The summed E-state index contributed by atoms with van der Waals surface area (Å²) in [6, 6.07) is 12.4. The van der Waals surface area contributed by atoms with Crippen LogP contribution in [0.5, 0.6) is 11.5 Å². The molecule has 0 spiro atoms. The van der Waals surface area contributed by atoms with Crippen LogP contribution >= 0.6 is 0 Å². The van der Waals surface area contributed by atoms with Crippen molar-refractivity contribution in [3.8, 4) is 11.5 Å². The molecule has 0 fully saturated rings. The lowest BCUT2D eigenvalue weighted by molar-refractivity contribution is -0.118. The molecule has 0 unspecified atom stereocenters. The molecule has 5 heteroatoms. The standard InChI is InChI=1S/C17H16FNO3/c1-2-11-21-15-9-5-14(6-10-15)19-17(20)12-22-16-7-3-13(18)4-8-16/h2-10H,1,11-12H2,(H,19,20). The second-order valence-electron chi connectivity index (χ2n) is 4.41. The Bertz CT molecular complexity index is 623. The zero-order chi connectivity index (χ0) is 15.8. The maximum absolute atomic E-state index is 12.7. The number of carbonyl (C=O) groups excluding carboxylic acids is 1. The minimum absolute atomic E-state index is 0.152. The molecule has 0 aliphatic rings. The van der Waals surface area contributed by atoms with Crippen LogP contribution < -0.4 is 14.8 Å². The lowest BCUT2D eigenvalue weighted by Crippen LogP contribution is -2.20. The molecule has 4 nitrogen and oxygen atoms in total. The normalized spacial score (nSPS) is 9.86. The van der Waals surface area contributed by atoms with E-state index in [9.17, 15) is 9.18 Å². The van der Waals surface area contributed by atoms with Crippen molar-refractivity contribution in [1.82, 2.24) is 0 Å². The predicted molar refractivity (Wildman–Crippen MR) is 82.7 cm³/mol. The number of hydrogen-bond acceptors (Lipinski definition) is 3. The van der Waals surface area contributed by atoms with Gasteiger partial charge < -0.3 is 14.8 Å². The highest BCUT2D eigenvalue weighted by Gasteiger charge is 2.04. The van der Waals surface area contributed by atoms with Gasteiger partial charge in [0.25, 0.3) is 5.91 Å². The van der Waals surface area contributed by atoms with Crippen molar-refractivity contribution in [1.29, 1.82) is 0 Å². The summed E-state index contributed by atoms with van der Waals surface area (Å²) in [4.78, 5) is 11.8. The fourth-order valence-electron chi connectivity index (χ4n) is 1.67. The summed E-state index contributed by atoms with van der Waals surface area (Å²) in [6.45, 7) is 3.84. The van der Waals surface area contributed by atoms with E-state index in [2.05, 4.69) is 11.9 Å². The Morgan fingerprint density at radius 3 is 2.27 bits per heavy atom. The highest BCUT2D eigenvalue weighted by Crippen LogP contribution is 2.16. The number of rotatable bonds is 7. The van der Waals surface area contributed by atoms with E-state index in [-0.39, 0.29) is 18.3 Å². The summed E-state index contributed by atoms with van der Waals surface area (Å²) < 4.78 is 23.3. The molecule has 0 radical (unpaired) electrons. The Balaban J connectivity index is 1.81. The number of carbonyl (C=O) groups is 1. The summed E-state index contributed by atoms with van der Waals surface area (Å²) in [5.41, 5.74) is 0.638. The molecule has 0 saturated carbocycles. The molecule has 2 rings (SSSR count). The van der Waals surface area contributed by atoms with Crippen molar-refractivity contribution in [3.05, 3.63) is 67.0 Å². The highest BCUT2D eigenvalue weighted by atomic mass is 19.1. The lowest BCUT2D eigenvalue weighted by atomic mass is 10.3. The molecule has 0 aliphatic heterocycles. The first-order chi connectivity index (χ1) is 10.7. The Morgan fingerprint density at radius 1 is 1.05 bits per heavy atom. The summed E-state index contributed by atoms with van der Waals surface area (Å²) in [5, 5.41) is 2.69. The Labute approximate surface area is 128 Å². The van der Waals surface area contributed by atoms with Gasteiger partial charge in [0.15, 0.2) is 6.61 Å². The first-order valence-electron chi connectivity index (χ1n) is 6.69. The Kier molecular flexibility index (Phi) is 5.54. The second kappa shape index (κ2) is 7.83. The molecule has 2 aromatic rings. The number of anilines is 1. The van der Waals surface area contributed by atoms with Gasteiger partial charge in [-0.05, 0) is 48.5 Å². The average molecular weight is 301 g/mol. The molecule has 1 N–H and O–H groups in total. The van der Waals surface area contributed by atoms with Crippen LogP contribution in [0.1, 0.15) is 0 Å². The van der Waals surface area contributed by atoms with Gasteiger partial charge in [-0.3, -0.25) is 4.79 Å². The Hall–Kier alpha value is -2.82. The fraction of sp³-hybridized carbons (Fsp3) is 0.118. The van der Waals surface area contributed by atoms with E-state index in [1.165, 1.54) is 24.3 Å². The van der Waals surface area contributed by atoms with Crippen molar-refractivity contribution in [2.24, 2.45) is 0 Å². The van der Waals surface area contributed by atoms with E-state index in [0.717, 1.165) is 0 Å². The van der Waals surface area contributed by atoms with E-state index in [4.69, 9.17) is 9.47 Å². The van der Waals surface area contributed by atoms with Gasteiger partial charge in [-0.2, -0.15) is 0 Å². The predicted octanol–water partition coefficient (Wildman–Crippen LogP) is 3.41. The van der Waals surface area contributed by atoms with Gasteiger partial charge in [-0.1, -0.05) is 12.7 Å². The first-order valence-corrected chi connectivity index (χ1v) is 6.69. The molecule has 1 amide bonds. The molecule has 0 aromatic heterocycles. The number of hydrogen-bond donors (Lipinski definition) is 1. The van der Waals surface area contributed by atoms with Crippen LogP contribution in [-0.2, 0) is 4.79 Å². The van der Waals surface area contributed by atoms with Crippen molar-refractivity contribution in [2.75, 3.05) is 18.5 Å². The van der Waals surface area contributed by atoms with Crippen LogP contribution in [-0.4, -0.2) is 19.1 Å². The van der Waals surface area contributed by atoms with E-state index >= 15 is 0 Å². The van der Waals surface area contributed by atoms with Gasteiger partial charge >= 0.3 is 0 Å². The van der Waals surface area contributed by atoms with Gasteiger partial charge in [-0.15, -0.1) is 0 Å². The number of halogens is 1. The van der Waals surface area contributed by atoms with Crippen LogP contribution in [0, 0.1) is 5.82 Å². The minimum Gasteiger partial charge on any atom is -0.490 e. The zero-order valence-electron chi connectivity index (χ0n) is 11.9. The van der Waals surface area contributed by atoms with Gasteiger partial charge in [-0.25, -0.2) is 4.39 Å². The van der Waals surface area contributed by atoms with Gasteiger partial charge in [0.1, 0.15) is 23.9 Å². The SMILES string of the molecule is C=CCOc1ccc(NC(=O)COc2ccc(F)cc2)cc1. The van der Waals surface area contributed by atoms with Crippen molar-refractivity contribution in [2.45, 2.75) is 0 Å². The summed E-state index contributed by atoms with van der Waals surface area (Å²) in [6.07, 6.45) is 1.66. The zero-order valence-corrected chi connectivity index (χ0v) is 11.9. The van der Waals surface area contributed by atoms with Gasteiger partial charge in [0.05, 0.1) is 0 Å². The smallest absolute Gasteiger partial charge is 0.262 e. The maximum atomic E-state index is 12.7. The quantitative estimate of drug-likeness (QED) is 0.797. The third kappa shape index (κ3) is 4.94. The van der Waals surface area contributed by atoms with Gasteiger partial charge in [0.2, 0.25) is 0 Å².